The lowest BCUT2D eigenvalue weighted by Gasteiger charge is -2.18. The summed E-state index contributed by atoms with van der Waals surface area (Å²) in [6, 6.07) is 8.59. The normalized spacial score (nSPS) is 13.4. The van der Waals surface area contributed by atoms with Gasteiger partial charge in [-0.3, -0.25) is 15.0 Å². The Morgan fingerprint density at radius 2 is 1.82 bits per heavy atom. The average molecular weight is 453 g/mol. The fraction of sp³-hybridized carbons (Fsp3) is 0.261. The average Bonchev–Trinajstić information content (AvgIpc) is 2.74. The third kappa shape index (κ3) is 5.94. The molecule has 172 valence electrons. The molecule has 0 unspecified atom stereocenters. The van der Waals surface area contributed by atoms with Crippen LogP contribution in [-0.4, -0.2) is 45.9 Å². The van der Waals surface area contributed by atoms with E-state index in [2.05, 4.69) is 5.32 Å². The molecule has 2 aromatic carbocycles. The van der Waals surface area contributed by atoms with Crippen molar-refractivity contribution in [3.63, 3.8) is 0 Å². The smallest absolute Gasteiger partial charge is 0.343 e. The summed E-state index contributed by atoms with van der Waals surface area (Å²) in [5.74, 6) is -3.50. The van der Waals surface area contributed by atoms with Crippen molar-refractivity contribution in [2.24, 2.45) is 5.73 Å². The Labute approximate surface area is 188 Å². The number of carbonyl (C=O) groups excluding carboxylic acids is 2. The minimum Gasteiger partial charge on any atom is -0.481 e. The second-order valence-electron chi connectivity index (χ2n) is 7.67. The number of carboxylic acids is 2. The van der Waals surface area contributed by atoms with E-state index in [0.29, 0.717) is 29.7 Å². The summed E-state index contributed by atoms with van der Waals surface area (Å²) in [4.78, 5) is 46.6. The fourth-order valence-corrected chi connectivity index (χ4v) is 3.57. The lowest BCUT2D eigenvalue weighted by atomic mass is 9.94. The maximum Gasteiger partial charge on any atom is 0.343 e. The molecule has 0 radical (unpaired) electrons. The van der Waals surface area contributed by atoms with Crippen molar-refractivity contribution in [2.75, 3.05) is 0 Å². The Bertz CT molecular complexity index is 1140. The molecule has 10 heteroatoms. The number of amidine groups is 1. The van der Waals surface area contributed by atoms with E-state index in [1.807, 2.05) is 0 Å². The van der Waals surface area contributed by atoms with Crippen LogP contribution in [-0.2, 0) is 33.6 Å². The van der Waals surface area contributed by atoms with Gasteiger partial charge in [-0.1, -0.05) is 12.1 Å². The molecule has 2 aromatic rings. The van der Waals surface area contributed by atoms with Crippen molar-refractivity contribution in [1.29, 1.82) is 5.41 Å². The van der Waals surface area contributed by atoms with Crippen LogP contribution in [0, 0.1) is 5.41 Å². The van der Waals surface area contributed by atoms with Crippen LogP contribution in [0.4, 0.5) is 0 Å². The van der Waals surface area contributed by atoms with Crippen molar-refractivity contribution >= 4 is 29.7 Å². The number of carbonyl (C=O) groups is 4. The highest BCUT2D eigenvalue weighted by Gasteiger charge is 2.23. The van der Waals surface area contributed by atoms with Crippen LogP contribution in [0.15, 0.2) is 36.4 Å². The minimum atomic E-state index is -1.50. The van der Waals surface area contributed by atoms with Crippen molar-refractivity contribution < 1.29 is 34.1 Å². The molecule has 0 aromatic heterocycles. The first-order chi connectivity index (χ1) is 15.6. The maximum absolute atomic E-state index is 12.6. The number of hydrogen-bond donors (Lipinski definition) is 5. The molecule has 3 rings (SSSR count). The van der Waals surface area contributed by atoms with E-state index in [4.69, 9.17) is 26.1 Å². The third-order valence-electron chi connectivity index (χ3n) is 5.28. The first-order valence-electron chi connectivity index (χ1n) is 10.2. The number of benzene rings is 2. The van der Waals surface area contributed by atoms with E-state index in [9.17, 15) is 19.2 Å². The first-order valence-corrected chi connectivity index (χ1v) is 10.2. The van der Waals surface area contributed by atoms with E-state index < -0.39 is 36.3 Å². The summed E-state index contributed by atoms with van der Waals surface area (Å²) in [6.07, 6.45) is 0.597. The number of nitrogen functional groups attached to an aromatic ring is 1. The van der Waals surface area contributed by atoms with Crippen LogP contribution in [0.2, 0.25) is 0 Å². The number of esters is 1. The standard InChI is InChI=1S/C23H23N3O7/c24-21(25)15-5-7-18-14(10-15)4-3-13-9-12(1-6-16(13)23(32)33-18)2-8-19(27)26-17(22(30)31)11-20(28)29/h1,5-7,9-10,17H,2-4,8,11H2,(H3,24,25)(H,26,27)(H,28,29)(H,30,31)/t17-/m0/s1. The number of hydrogen-bond acceptors (Lipinski definition) is 6. The van der Waals surface area contributed by atoms with Crippen LogP contribution < -0.4 is 15.8 Å². The zero-order valence-corrected chi connectivity index (χ0v) is 17.6. The molecule has 10 nitrogen and oxygen atoms in total. The number of nitrogens with two attached hydrogens (primary N) is 1. The van der Waals surface area contributed by atoms with E-state index in [1.165, 1.54) is 0 Å². The van der Waals surface area contributed by atoms with Crippen LogP contribution in [0.1, 0.15) is 45.5 Å². The molecular weight excluding hydrogens is 430 g/mol. The maximum atomic E-state index is 12.6. The number of fused-ring (bicyclic) bond motifs is 2. The van der Waals surface area contributed by atoms with Crippen LogP contribution in [0.5, 0.6) is 5.75 Å². The summed E-state index contributed by atoms with van der Waals surface area (Å²) in [5, 5.41) is 27.6. The Kier molecular flexibility index (Phi) is 7.07. The Morgan fingerprint density at radius 3 is 2.48 bits per heavy atom. The molecule has 1 heterocycles. The van der Waals surface area contributed by atoms with Gasteiger partial charge in [-0.05, 0) is 60.2 Å². The van der Waals surface area contributed by atoms with Crippen LogP contribution in [0.25, 0.3) is 0 Å². The molecule has 0 spiro atoms. The monoisotopic (exact) mass is 453 g/mol. The second-order valence-corrected chi connectivity index (χ2v) is 7.67. The highest BCUT2D eigenvalue weighted by molar-refractivity contribution is 5.96. The van der Waals surface area contributed by atoms with Gasteiger partial charge in [0.15, 0.2) is 0 Å². The van der Waals surface area contributed by atoms with Gasteiger partial charge in [0.25, 0.3) is 0 Å². The Morgan fingerprint density at radius 1 is 1.09 bits per heavy atom. The molecule has 0 fully saturated rings. The number of rotatable bonds is 8. The summed E-state index contributed by atoms with van der Waals surface area (Å²) in [7, 11) is 0. The Balaban J connectivity index is 1.70. The molecule has 1 aliphatic rings. The molecule has 0 aliphatic carbocycles. The van der Waals surface area contributed by atoms with Crippen LogP contribution in [0.3, 0.4) is 0 Å². The van der Waals surface area contributed by atoms with Crippen molar-refractivity contribution in [1.82, 2.24) is 5.32 Å². The molecule has 1 atom stereocenters. The predicted molar refractivity (Wildman–Crippen MR) is 116 cm³/mol. The summed E-state index contributed by atoms with van der Waals surface area (Å²) >= 11 is 0. The van der Waals surface area contributed by atoms with E-state index >= 15 is 0 Å². The van der Waals surface area contributed by atoms with Crippen molar-refractivity contribution in [3.05, 3.63) is 64.2 Å². The van der Waals surface area contributed by atoms with Crippen molar-refractivity contribution in [2.45, 2.75) is 38.1 Å². The number of amides is 1. The SMILES string of the molecule is N=C(N)c1ccc2c(c1)CCc1cc(CCC(=O)N[C@@H](CC(=O)O)C(=O)O)ccc1C(=O)O2. The van der Waals surface area contributed by atoms with Crippen molar-refractivity contribution in [3.8, 4) is 5.75 Å². The largest absolute Gasteiger partial charge is 0.481 e. The minimum absolute atomic E-state index is 0.0442. The fourth-order valence-electron chi connectivity index (χ4n) is 3.57. The molecular formula is C23H23N3O7. The highest BCUT2D eigenvalue weighted by atomic mass is 16.5. The first kappa shape index (κ1) is 23.5. The van der Waals surface area contributed by atoms with Gasteiger partial charge in [0, 0.05) is 12.0 Å². The number of ether oxygens (including phenoxy) is 1. The quantitative estimate of drug-likeness (QED) is 0.171. The summed E-state index contributed by atoms with van der Waals surface area (Å²) in [5.41, 5.74) is 8.76. The van der Waals surface area contributed by atoms with Gasteiger partial charge >= 0.3 is 17.9 Å². The van der Waals surface area contributed by atoms with Gasteiger partial charge in [0.05, 0.1) is 12.0 Å². The number of carboxylic acid groups (broad SMARTS) is 2. The van der Waals surface area contributed by atoms with E-state index in [-0.39, 0.29) is 18.7 Å². The number of aryl methyl sites for hydroxylation is 3. The van der Waals surface area contributed by atoms with Gasteiger partial charge in [0.2, 0.25) is 5.91 Å². The van der Waals surface area contributed by atoms with E-state index in [1.54, 1.807) is 36.4 Å². The molecule has 0 saturated carbocycles. The lowest BCUT2D eigenvalue weighted by Crippen LogP contribution is -2.42. The van der Waals surface area contributed by atoms with Crippen LogP contribution >= 0.6 is 0 Å². The molecule has 6 N–H and O–H groups in total. The van der Waals surface area contributed by atoms with Gasteiger partial charge in [-0.25, -0.2) is 9.59 Å². The van der Waals surface area contributed by atoms with Gasteiger partial charge in [-0.2, -0.15) is 0 Å². The third-order valence-corrected chi connectivity index (χ3v) is 5.28. The molecule has 33 heavy (non-hydrogen) atoms. The second kappa shape index (κ2) is 9.94. The highest BCUT2D eigenvalue weighted by Crippen LogP contribution is 2.27. The molecule has 1 amide bonds. The number of nitrogens with one attached hydrogen (secondary N) is 2. The zero-order valence-electron chi connectivity index (χ0n) is 17.6. The predicted octanol–water partition coefficient (Wildman–Crippen LogP) is 1.27. The van der Waals surface area contributed by atoms with Gasteiger partial charge in [-0.15, -0.1) is 0 Å². The zero-order chi connectivity index (χ0) is 24.1. The lowest BCUT2D eigenvalue weighted by molar-refractivity contribution is -0.147. The Hall–Kier alpha value is -4.21. The topological polar surface area (TPSA) is 180 Å². The summed E-state index contributed by atoms with van der Waals surface area (Å²) in [6.45, 7) is 0. The molecule has 0 bridgehead atoms. The van der Waals surface area contributed by atoms with Gasteiger partial charge < -0.3 is 26.0 Å². The number of aliphatic carboxylic acids is 2. The molecule has 0 saturated heterocycles. The van der Waals surface area contributed by atoms with Gasteiger partial charge in [0.1, 0.15) is 17.6 Å². The summed E-state index contributed by atoms with van der Waals surface area (Å²) < 4.78 is 5.52. The molecule has 1 aliphatic heterocycles. The van der Waals surface area contributed by atoms with E-state index in [0.717, 1.165) is 16.7 Å².